The fraction of sp³-hybridized carbons (Fsp3) is 0.462. The van der Waals surface area contributed by atoms with Crippen LogP contribution in [0.2, 0.25) is 0 Å². The number of esters is 1. The average Bonchev–Trinajstić information content (AvgIpc) is 2.23. The van der Waals surface area contributed by atoms with Crippen molar-refractivity contribution >= 4 is 11.7 Å². The van der Waals surface area contributed by atoms with E-state index in [2.05, 4.69) is 0 Å². The quantitative estimate of drug-likeness (QED) is 0.624. The molecule has 0 aliphatic rings. The van der Waals surface area contributed by atoms with Gasteiger partial charge in [0.05, 0.1) is 0 Å². The molecule has 1 aromatic carbocycles. The molecule has 0 saturated carbocycles. The summed E-state index contributed by atoms with van der Waals surface area (Å²) in [6.07, 6.45) is -5.36. The zero-order valence-electron chi connectivity index (χ0n) is 11.0. The molecule has 0 radical (unpaired) electrons. The lowest BCUT2D eigenvalue weighted by Crippen LogP contribution is -2.42. The van der Waals surface area contributed by atoms with Crippen LogP contribution in [0.4, 0.5) is 18.9 Å². The molecular weight excluding hydrogens is 259 g/mol. The van der Waals surface area contributed by atoms with E-state index in [0.717, 1.165) is 10.5 Å². The van der Waals surface area contributed by atoms with Gasteiger partial charge in [-0.15, -0.1) is 0 Å². The van der Waals surface area contributed by atoms with Gasteiger partial charge in [-0.25, -0.2) is 0 Å². The predicted molar refractivity (Wildman–Crippen MR) is 65.8 cm³/mol. The maximum atomic E-state index is 12.6. The maximum absolute atomic E-state index is 12.6. The Morgan fingerprint density at radius 1 is 1.42 bits per heavy atom. The molecule has 0 saturated heterocycles. The van der Waals surface area contributed by atoms with Crippen LogP contribution >= 0.6 is 0 Å². The molecule has 0 N–H and O–H groups in total. The molecular formula is C13H16F3NO2. The highest BCUT2D eigenvalue weighted by Crippen LogP contribution is 2.25. The number of carbonyl (C=O) groups excluding carboxylic acids is 1. The standard InChI is InChI=1S/C13H16F3NO2/c1-9-5-4-6-12(7-9)17(8-13(14,15)16)10(2)19-11(3)18/h4-7,10H,8H2,1-3H3. The molecule has 1 atom stereocenters. The molecule has 1 aromatic rings. The molecule has 0 bridgehead atoms. The molecule has 0 heterocycles. The summed E-state index contributed by atoms with van der Waals surface area (Å²) in [4.78, 5) is 11.9. The summed E-state index contributed by atoms with van der Waals surface area (Å²) in [7, 11) is 0. The van der Waals surface area contributed by atoms with E-state index in [-0.39, 0.29) is 0 Å². The highest BCUT2D eigenvalue weighted by Gasteiger charge is 2.33. The van der Waals surface area contributed by atoms with Crippen molar-refractivity contribution in [2.75, 3.05) is 11.4 Å². The number of carbonyl (C=O) groups is 1. The van der Waals surface area contributed by atoms with Gasteiger partial charge in [0.15, 0.2) is 6.23 Å². The van der Waals surface area contributed by atoms with E-state index in [9.17, 15) is 18.0 Å². The van der Waals surface area contributed by atoms with Gasteiger partial charge in [-0.1, -0.05) is 12.1 Å². The van der Waals surface area contributed by atoms with Crippen molar-refractivity contribution in [2.24, 2.45) is 0 Å². The van der Waals surface area contributed by atoms with Crippen molar-refractivity contribution in [3.8, 4) is 0 Å². The number of rotatable bonds is 4. The molecule has 0 aliphatic heterocycles. The van der Waals surface area contributed by atoms with E-state index in [1.165, 1.54) is 13.8 Å². The number of nitrogens with zero attached hydrogens (tertiary/aromatic N) is 1. The number of alkyl halides is 3. The zero-order valence-corrected chi connectivity index (χ0v) is 11.0. The molecule has 3 nitrogen and oxygen atoms in total. The first kappa shape index (κ1) is 15.3. The lowest BCUT2D eigenvalue weighted by atomic mass is 10.2. The molecule has 6 heteroatoms. The van der Waals surface area contributed by atoms with Crippen LogP contribution in [0.15, 0.2) is 24.3 Å². The van der Waals surface area contributed by atoms with Gasteiger partial charge in [-0.2, -0.15) is 13.2 Å². The summed E-state index contributed by atoms with van der Waals surface area (Å²) < 4.78 is 42.7. The number of benzene rings is 1. The Hall–Kier alpha value is -1.72. The summed E-state index contributed by atoms with van der Waals surface area (Å²) in [5.41, 5.74) is 1.20. The van der Waals surface area contributed by atoms with E-state index in [4.69, 9.17) is 4.74 Å². The van der Waals surface area contributed by atoms with Crippen molar-refractivity contribution in [3.63, 3.8) is 0 Å². The van der Waals surface area contributed by atoms with Crippen LogP contribution in [0.5, 0.6) is 0 Å². The number of hydrogen-bond donors (Lipinski definition) is 0. The van der Waals surface area contributed by atoms with Gasteiger partial charge in [0.2, 0.25) is 0 Å². The monoisotopic (exact) mass is 275 g/mol. The largest absolute Gasteiger partial charge is 0.442 e. The highest BCUT2D eigenvalue weighted by atomic mass is 19.4. The molecule has 0 amide bonds. The molecule has 1 rings (SSSR count). The molecule has 0 spiro atoms. The van der Waals surface area contributed by atoms with Crippen LogP contribution in [0, 0.1) is 6.92 Å². The van der Waals surface area contributed by atoms with Crippen LogP contribution in [0.1, 0.15) is 19.4 Å². The Morgan fingerprint density at radius 3 is 2.53 bits per heavy atom. The minimum absolute atomic E-state index is 0.367. The molecule has 19 heavy (non-hydrogen) atoms. The van der Waals surface area contributed by atoms with Crippen LogP contribution in [0.3, 0.4) is 0 Å². The van der Waals surface area contributed by atoms with Gasteiger partial charge in [0, 0.05) is 12.6 Å². The highest BCUT2D eigenvalue weighted by molar-refractivity contribution is 5.66. The summed E-state index contributed by atoms with van der Waals surface area (Å²) in [6, 6.07) is 6.62. The summed E-state index contributed by atoms with van der Waals surface area (Å²) >= 11 is 0. The summed E-state index contributed by atoms with van der Waals surface area (Å²) in [5.74, 6) is -0.618. The minimum atomic E-state index is -4.38. The number of halogens is 3. The fourth-order valence-corrected chi connectivity index (χ4v) is 1.73. The van der Waals surface area contributed by atoms with Gasteiger partial charge < -0.3 is 9.64 Å². The first-order valence-electron chi connectivity index (χ1n) is 5.76. The Kier molecular flexibility index (Phi) is 4.80. The zero-order chi connectivity index (χ0) is 14.6. The van der Waals surface area contributed by atoms with E-state index < -0.39 is 24.9 Å². The lowest BCUT2D eigenvalue weighted by Gasteiger charge is -2.31. The van der Waals surface area contributed by atoms with E-state index in [1.807, 2.05) is 0 Å². The van der Waals surface area contributed by atoms with E-state index in [0.29, 0.717) is 5.69 Å². The molecule has 0 aromatic heterocycles. The number of aryl methyl sites for hydroxylation is 1. The van der Waals surface area contributed by atoms with Crippen LogP contribution in [-0.4, -0.2) is 24.9 Å². The fourth-order valence-electron chi connectivity index (χ4n) is 1.73. The molecule has 106 valence electrons. The molecule has 0 fully saturated rings. The van der Waals surface area contributed by atoms with Gasteiger partial charge in [-0.3, -0.25) is 4.79 Å². The van der Waals surface area contributed by atoms with Gasteiger partial charge in [0.1, 0.15) is 6.54 Å². The molecule has 1 unspecified atom stereocenters. The van der Waals surface area contributed by atoms with Crippen molar-refractivity contribution < 1.29 is 22.7 Å². The number of ether oxygens (including phenoxy) is 1. The second kappa shape index (κ2) is 5.95. The third-order valence-corrected chi connectivity index (χ3v) is 2.46. The Balaban J connectivity index is 3.01. The normalized spacial score (nSPS) is 12.9. The maximum Gasteiger partial charge on any atom is 0.406 e. The lowest BCUT2D eigenvalue weighted by molar-refractivity contribution is -0.149. The van der Waals surface area contributed by atoms with Crippen molar-refractivity contribution in [3.05, 3.63) is 29.8 Å². The topological polar surface area (TPSA) is 29.5 Å². The predicted octanol–water partition coefficient (Wildman–Crippen LogP) is 3.27. The SMILES string of the molecule is CC(=O)OC(C)N(CC(F)(F)F)c1cccc(C)c1. The Morgan fingerprint density at radius 2 is 2.05 bits per heavy atom. The second-order valence-electron chi connectivity index (χ2n) is 4.29. The average molecular weight is 275 g/mol. The third kappa shape index (κ3) is 5.19. The minimum Gasteiger partial charge on any atom is -0.442 e. The van der Waals surface area contributed by atoms with Crippen molar-refractivity contribution in [1.29, 1.82) is 0 Å². The smallest absolute Gasteiger partial charge is 0.406 e. The van der Waals surface area contributed by atoms with E-state index in [1.54, 1.807) is 31.2 Å². The van der Waals surface area contributed by atoms with Gasteiger partial charge in [-0.05, 0) is 31.5 Å². The van der Waals surface area contributed by atoms with Crippen molar-refractivity contribution in [1.82, 2.24) is 0 Å². The number of hydrogen-bond acceptors (Lipinski definition) is 3. The van der Waals surface area contributed by atoms with Gasteiger partial charge in [0.25, 0.3) is 0 Å². The Bertz CT molecular complexity index is 446. The number of anilines is 1. The first-order valence-corrected chi connectivity index (χ1v) is 5.76. The second-order valence-corrected chi connectivity index (χ2v) is 4.29. The first-order chi connectivity index (χ1) is 8.69. The van der Waals surface area contributed by atoms with Crippen LogP contribution < -0.4 is 4.90 Å². The van der Waals surface area contributed by atoms with Gasteiger partial charge >= 0.3 is 12.1 Å². The molecule has 0 aliphatic carbocycles. The summed E-state index contributed by atoms with van der Waals surface area (Å²) in [6.45, 7) is 3.19. The van der Waals surface area contributed by atoms with Crippen LogP contribution in [0.25, 0.3) is 0 Å². The Labute approximate surface area is 110 Å². The third-order valence-electron chi connectivity index (χ3n) is 2.46. The van der Waals surface area contributed by atoms with E-state index >= 15 is 0 Å². The van der Waals surface area contributed by atoms with Crippen LogP contribution in [-0.2, 0) is 9.53 Å². The van der Waals surface area contributed by atoms with Crippen molar-refractivity contribution in [2.45, 2.75) is 33.2 Å². The summed E-state index contributed by atoms with van der Waals surface area (Å²) in [5, 5.41) is 0.